The van der Waals surface area contributed by atoms with Gasteiger partial charge in [0.05, 0.1) is 11.7 Å². The SMILES string of the molecule is Cc1c(NC(=O)Cn2ncc(=O)c3ccccc32)cccc1C(N)=O. The normalized spacial score (nSPS) is 10.6. The molecule has 2 aromatic carbocycles. The van der Waals surface area contributed by atoms with Crippen LogP contribution in [0, 0.1) is 6.92 Å². The number of nitrogens with zero attached hydrogens (tertiary/aromatic N) is 2. The van der Waals surface area contributed by atoms with Gasteiger partial charge in [-0.1, -0.05) is 18.2 Å². The Labute approximate surface area is 143 Å². The number of aromatic nitrogens is 2. The zero-order chi connectivity index (χ0) is 18.0. The average Bonchev–Trinajstić information content (AvgIpc) is 2.59. The number of primary amides is 1. The summed E-state index contributed by atoms with van der Waals surface area (Å²) in [4.78, 5) is 35.6. The summed E-state index contributed by atoms with van der Waals surface area (Å²) in [7, 11) is 0. The van der Waals surface area contributed by atoms with Crippen LogP contribution in [0.25, 0.3) is 10.9 Å². The fourth-order valence-corrected chi connectivity index (χ4v) is 2.65. The molecular formula is C18H16N4O3. The summed E-state index contributed by atoms with van der Waals surface area (Å²) < 4.78 is 1.46. The Morgan fingerprint density at radius 2 is 1.92 bits per heavy atom. The number of benzene rings is 2. The number of carbonyl (C=O) groups excluding carboxylic acids is 2. The molecular weight excluding hydrogens is 320 g/mol. The predicted molar refractivity (Wildman–Crippen MR) is 94.3 cm³/mol. The van der Waals surface area contributed by atoms with Crippen LogP contribution in [0.5, 0.6) is 0 Å². The predicted octanol–water partition coefficient (Wildman–Crippen LogP) is 1.44. The van der Waals surface area contributed by atoms with E-state index in [0.717, 1.165) is 0 Å². The molecule has 1 aromatic heterocycles. The van der Waals surface area contributed by atoms with Gasteiger partial charge in [0.25, 0.3) is 0 Å². The van der Waals surface area contributed by atoms with Crippen molar-refractivity contribution < 1.29 is 9.59 Å². The van der Waals surface area contributed by atoms with Crippen molar-refractivity contribution >= 4 is 28.4 Å². The Morgan fingerprint density at radius 3 is 2.68 bits per heavy atom. The monoisotopic (exact) mass is 336 g/mol. The number of anilines is 1. The van der Waals surface area contributed by atoms with Crippen LogP contribution in [0.1, 0.15) is 15.9 Å². The molecule has 126 valence electrons. The molecule has 7 nitrogen and oxygen atoms in total. The van der Waals surface area contributed by atoms with Gasteiger partial charge < -0.3 is 11.1 Å². The molecule has 1 heterocycles. The van der Waals surface area contributed by atoms with E-state index in [1.54, 1.807) is 49.4 Å². The molecule has 0 aliphatic heterocycles. The molecule has 2 amide bonds. The van der Waals surface area contributed by atoms with Crippen LogP contribution in [0.3, 0.4) is 0 Å². The third kappa shape index (κ3) is 3.25. The first-order valence-corrected chi connectivity index (χ1v) is 7.61. The van der Waals surface area contributed by atoms with Crippen molar-refractivity contribution in [2.24, 2.45) is 5.73 Å². The van der Waals surface area contributed by atoms with Gasteiger partial charge in [-0.05, 0) is 36.8 Å². The van der Waals surface area contributed by atoms with Crippen molar-refractivity contribution in [3.05, 3.63) is 70.0 Å². The number of hydrogen-bond donors (Lipinski definition) is 2. The minimum atomic E-state index is -0.554. The summed E-state index contributed by atoms with van der Waals surface area (Å²) in [5, 5.41) is 7.27. The van der Waals surface area contributed by atoms with Gasteiger partial charge in [0.15, 0.2) is 0 Å². The summed E-state index contributed by atoms with van der Waals surface area (Å²) in [6, 6.07) is 11.9. The van der Waals surface area contributed by atoms with Crippen LogP contribution in [0.2, 0.25) is 0 Å². The van der Waals surface area contributed by atoms with E-state index in [4.69, 9.17) is 5.73 Å². The summed E-state index contributed by atoms with van der Waals surface area (Å²) in [5.41, 5.74) is 7.15. The third-order valence-corrected chi connectivity index (χ3v) is 3.93. The molecule has 0 radical (unpaired) electrons. The first-order chi connectivity index (χ1) is 12.0. The zero-order valence-electron chi connectivity index (χ0n) is 13.5. The lowest BCUT2D eigenvalue weighted by atomic mass is 10.1. The minimum absolute atomic E-state index is 0.0684. The molecule has 25 heavy (non-hydrogen) atoms. The van der Waals surface area contributed by atoms with E-state index >= 15 is 0 Å². The van der Waals surface area contributed by atoms with Crippen molar-refractivity contribution in [1.82, 2.24) is 9.78 Å². The summed E-state index contributed by atoms with van der Waals surface area (Å²) in [6.07, 6.45) is 1.19. The second kappa shape index (κ2) is 6.56. The number of rotatable bonds is 4. The van der Waals surface area contributed by atoms with Gasteiger partial charge in [-0.15, -0.1) is 0 Å². The lowest BCUT2D eigenvalue weighted by molar-refractivity contribution is -0.116. The molecule has 0 atom stereocenters. The van der Waals surface area contributed by atoms with Gasteiger partial charge in [-0.2, -0.15) is 5.10 Å². The van der Waals surface area contributed by atoms with Crippen molar-refractivity contribution in [1.29, 1.82) is 0 Å². The first-order valence-electron chi connectivity index (χ1n) is 7.61. The van der Waals surface area contributed by atoms with Crippen molar-refractivity contribution in [2.75, 3.05) is 5.32 Å². The Bertz CT molecular complexity index is 1040. The molecule has 0 saturated carbocycles. The lowest BCUT2D eigenvalue weighted by Crippen LogP contribution is -2.23. The Kier molecular flexibility index (Phi) is 4.30. The van der Waals surface area contributed by atoms with E-state index in [2.05, 4.69) is 10.4 Å². The zero-order valence-corrected chi connectivity index (χ0v) is 13.5. The molecule has 0 aliphatic rings. The summed E-state index contributed by atoms with van der Waals surface area (Å²) >= 11 is 0. The van der Waals surface area contributed by atoms with Crippen LogP contribution in [-0.4, -0.2) is 21.6 Å². The maximum atomic E-state index is 12.4. The molecule has 3 rings (SSSR count). The van der Waals surface area contributed by atoms with E-state index in [-0.39, 0.29) is 17.9 Å². The van der Waals surface area contributed by atoms with Gasteiger partial charge in [-0.3, -0.25) is 19.1 Å². The quantitative estimate of drug-likeness (QED) is 0.751. The van der Waals surface area contributed by atoms with Gasteiger partial charge in [0.1, 0.15) is 6.54 Å². The second-order valence-electron chi connectivity index (χ2n) is 5.57. The van der Waals surface area contributed by atoms with E-state index in [1.165, 1.54) is 10.9 Å². The summed E-state index contributed by atoms with van der Waals surface area (Å²) in [6.45, 7) is 1.64. The molecule has 0 aliphatic carbocycles. The van der Waals surface area contributed by atoms with E-state index in [0.29, 0.717) is 27.7 Å². The van der Waals surface area contributed by atoms with Crippen LogP contribution >= 0.6 is 0 Å². The van der Waals surface area contributed by atoms with Gasteiger partial charge in [0.2, 0.25) is 17.2 Å². The third-order valence-electron chi connectivity index (χ3n) is 3.93. The Balaban J connectivity index is 1.87. The molecule has 0 saturated heterocycles. The largest absolute Gasteiger partial charge is 0.366 e. The second-order valence-corrected chi connectivity index (χ2v) is 5.57. The van der Waals surface area contributed by atoms with Gasteiger partial charge in [0, 0.05) is 16.6 Å². The number of fused-ring (bicyclic) bond motifs is 1. The smallest absolute Gasteiger partial charge is 0.249 e. The Hall–Kier alpha value is -3.48. The lowest BCUT2D eigenvalue weighted by Gasteiger charge is -2.12. The fourth-order valence-electron chi connectivity index (χ4n) is 2.65. The van der Waals surface area contributed by atoms with E-state index < -0.39 is 5.91 Å². The molecule has 0 fully saturated rings. The highest BCUT2D eigenvalue weighted by molar-refractivity contribution is 5.98. The van der Waals surface area contributed by atoms with Crippen molar-refractivity contribution in [3.63, 3.8) is 0 Å². The topological polar surface area (TPSA) is 107 Å². The maximum Gasteiger partial charge on any atom is 0.249 e. The maximum absolute atomic E-state index is 12.4. The van der Waals surface area contributed by atoms with Gasteiger partial charge >= 0.3 is 0 Å². The number of para-hydroxylation sites is 1. The molecule has 3 N–H and O–H groups in total. The van der Waals surface area contributed by atoms with Gasteiger partial charge in [-0.25, -0.2) is 0 Å². The standard InChI is InChI=1S/C18H16N4O3/c1-11-12(18(19)25)6-4-7-14(11)21-17(24)10-22-15-8-3-2-5-13(15)16(23)9-20-22/h2-9H,10H2,1H3,(H2,19,25)(H,21,24). The van der Waals surface area contributed by atoms with Crippen LogP contribution in [-0.2, 0) is 11.3 Å². The highest BCUT2D eigenvalue weighted by Gasteiger charge is 2.12. The molecule has 7 heteroatoms. The number of nitrogens with one attached hydrogen (secondary N) is 1. The van der Waals surface area contributed by atoms with E-state index in [9.17, 15) is 14.4 Å². The van der Waals surface area contributed by atoms with Crippen LogP contribution in [0.4, 0.5) is 5.69 Å². The summed E-state index contributed by atoms with van der Waals surface area (Å²) in [5.74, 6) is -0.882. The molecule has 0 bridgehead atoms. The fraction of sp³-hybridized carbons (Fsp3) is 0.111. The first kappa shape index (κ1) is 16.4. The highest BCUT2D eigenvalue weighted by atomic mass is 16.2. The number of hydrogen-bond acceptors (Lipinski definition) is 4. The number of carbonyl (C=O) groups is 2. The van der Waals surface area contributed by atoms with Crippen molar-refractivity contribution in [3.8, 4) is 0 Å². The highest BCUT2D eigenvalue weighted by Crippen LogP contribution is 2.18. The van der Waals surface area contributed by atoms with Crippen LogP contribution in [0.15, 0.2) is 53.5 Å². The van der Waals surface area contributed by atoms with Crippen molar-refractivity contribution in [2.45, 2.75) is 13.5 Å². The minimum Gasteiger partial charge on any atom is -0.366 e. The number of amides is 2. The molecule has 0 spiro atoms. The molecule has 3 aromatic rings. The Morgan fingerprint density at radius 1 is 1.16 bits per heavy atom. The van der Waals surface area contributed by atoms with E-state index in [1.807, 2.05) is 0 Å². The van der Waals surface area contributed by atoms with Crippen LogP contribution < -0.4 is 16.5 Å². The molecule has 0 unspecified atom stereocenters. The number of nitrogens with two attached hydrogens (primary N) is 1. The average molecular weight is 336 g/mol.